The zero-order valence-corrected chi connectivity index (χ0v) is 10.7. The summed E-state index contributed by atoms with van der Waals surface area (Å²) in [6, 6.07) is 8.22. The average Bonchev–Trinajstić information content (AvgIpc) is 2.29. The number of nitrogens with one attached hydrogen (secondary N) is 1. The van der Waals surface area contributed by atoms with Crippen LogP contribution in [0.2, 0.25) is 0 Å². The zero-order valence-electron chi connectivity index (χ0n) is 9.92. The van der Waals surface area contributed by atoms with Crippen LogP contribution in [0.4, 0.5) is 0 Å². The molecule has 0 radical (unpaired) electrons. The summed E-state index contributed by atoms with van der Waals surface area (Å²) in [5, 5.41) is 12.0. The molecule has 0 aromatic heterocycles. The molecule has 3 atom stereocenters. The molecule has 2 N–H and O–H groups in total. The number of carbonyl (C=O) groups is 1. The van der Waals surface area contributed by atoms with E-state index in [2.05, 4.69) is 5.32 Å². The lowest BCUT2D eigenvalue weighted by molar-refractivity contribution is -0.139. The summed E-state index contributed by atoms with van der Waals surface area (Å²) in [4.78, 5) is 11.1. The van der Waals surface area contributed by atoms with Crippen LogP contribution < -0.4 is 5.32 Å². The highest BCUT2D eigenvalue weighted by Gasteiger charge is 2.20. The van der Waals surface area contributed by atoms with Gasteiger partial charge in [-0.3, -0.25) is 14.3 Å². The molecular weight excluding hydrogens is 238 g/mol. The second-order valence-electron chi connectivity index (χ2n) is 3.90. The van der Waals surface area contributed by atoms with Crippen molar-refractivity contribution in [1.29, 1.82) is 0 Å². The summed E-state index contributed by atoms with van der Waals surface area (Å²) in [5.41, 5.74) is 0.703. The van der Waals surface area contributed by atoms with Crippen LogP contribution in [0, 0.1) is 0 Å². The Bertz CT molecular complexity index is 394. The maximum absolute atomic E-state index is 11.2. The largest absolute Gasteiger partial charge is 0.480 e. The van der Waals surface area contributed by atoms with Gasteiger partial charge in [-0.25, -0.2) is 0 Å². The smallest absolute Gasteiger partial charge is 0.325 e. The molecule has 1 rings (SSSR count). The molecule has 0 aliphatic carbocycles. The minimum absolute atomic E-state index is 0.0689. The SMILES string of the molecule is CC(CNC(C(=O)O)c1ccccc1)S(C)=O. The Morgan fingerprint density at radius 1 is 1.41 bits per heavy atom. The van der Waals surface area contributed by atoms with Gasteiger partial charge in [0.1, 0.15) is 6.04 Å². The predicted octanol–water partition coefficient (Wildman–Crippen LogP) is 1.17. The van der Waals surface area contributed by atoms with Crippen LogP contribution in [0.1, 0.15) is 18.5 Å². The van der Waals surface area contributed by atoms with E-state index in [0.717, 1.165) is 0 Å². The molecule has 3 unspecified atom stereocenters. The van der Waals surface area contributed by atoms with Crippen LogP contribution in [-0.4, -0.2) is 33.3 Å². The molecule has 4 nitrogen and oxygen atoms in total. The first-order valence-corrected chi connectivity index (χ1v) is 6.98. The van der Waals surface area contributed by atoms with Crippen molar-refractivity contribution in [2.45, 2.75) is 18.2 Å². The van der Waals surface area contributed by atoms with Crippen LogP contribution in [0.15, 0.2) is 30.3 Å². The van der Waals surface area contributed by atoms with Crippen molar-refractivity contribution in [2.24, 2.45) is 0 Å². The van der Waals surface area contributed by atoms with Crippen LogP contribution in [0.25, 0.3) is 0 Å². The van der Waals surface area contributed by atoms with Gasteiger partial charge in [0.2, 0.25) is 0 Å². The van der Waals surface area contributed by atoms with Crippen molar-refractivity contribution in [1.82, 2.24) is 5.32 Å². The van der Waals surface area contributed by atoms with Gasteiger partial charge in [0.25, 0.3) is 0 Å². The first kappa shape index (κ1) is 13.9. The number of carboxylic acids is 1. The van der Waals surface area contributed by atoms with E-state index in [1.165, 1.54) is 0 Å². The lowest BCUT2D eigenvalue weighted by Gasteiger charge is -2.17. The highest BCUT2D eigenvalue weighted by Crippen LogP contribution is 2.12. The highest BCUT2D eigenvalue weighted by atomic mass is 32.2. The maximum atomic E-state index is 11.2. The summed E-state index contributed by atoms with van der Waals surface area (Å²) >= 11 is 0. The van der Waals surface area contributed by atoms with Gasteiger partial charge in [-0.1, -0.05) is 30.3 Å². The van der Waals surface area contributed by atoms with Crippen molar-refractivity contribution in [2.75, 3.05) is 12.8 Å². The fraction of sp³-hybridized carbons (Fsp3) is 0.417. The molecule has 0 bridgehead atoms. The van der Waals surface area contributed by atoms with Gasteiger partial charge < -0.3 is 5.11 Å². The van der Waals surface area contributed by atoms with Crippen molar-refractivity contribution in [3.05, 3.63) is 35.9 Å². The van der Waals surface area contributed by atoms with E-state index in [4.69, 9.17) is 5.11 Å². The van der Waals surface area contributed by atoms with Gasteiger partial charge in [0.05, 0.1) is 0 Å². The third-order valence-electron chi connectivity index (χ3n) is 2.56. The minimum atomic E-state index is -0.952. The molecule has 1 aromatic carbocycles. The van der Waals surface area contributed by atoms with E-state index in [1.54, 1.807) is 30.5 Å². The summed E-state index contributed by atoms with van der Waals surface area (Å²) in [6.07, 6.45) is 1.62. The molecule has 0 heterocycles. The van der Waals surface area contributed by atoms with Crippen molar-refractivity contribution in [3.8, 4) is 0 Å². The molecule has 94 valence electrons. The Hall–Kier alpha value is -1.20. The fourth-order valence-corrected chi connectivity index (χ4v) is 1.73. The number of hydrogen-bond acceptors (Lipinski definition) is 3. The van der Waals surface area contributed by atoms with Gasteiger partial charge in [0, 0.05) is 28.9 Å². The number of aliphatic carboxylic acids is 1. The number of rotatable bonds is 6. The minimum Gasteiger partial charge on any atom is -0.480 e. The third kappa shape index (κ3) is 4.28. The van der Waals surface area contributed by atoms with Crippen molar-refractivity contribution in [3.63, 3.8) is 0 Å². The van der Waals surface area contributed by atoms with Crippen LogP contribution >= 0.6 is 0 Å². The van der Waals surface area contributed by atoms with E-state index in [1.807, 2.05) is 13.0 Å². The monoisotopic (exact) mass is 255 g/mol. The molecule has 5 heteroatoms. The van der Waals surface area contributed by atoms with Gasteiger partial charge in [-0.2, -0.15) is 0 Å². The lowest BCUT2D eigenvalue weighted by Crippen LogP contribution is -2.35. The first-order chi connectivity index (χ1) is 8.02. The fourth-order valence-electron chi connectivity index (χ4n) is 1.39. The average molecular weight is 255 g/mol. The molecular formula is C12H17NO3S. The number of benzene rings is 1. The topological polar surface area (TPSA) is 66.4 Å². The molecule has 0 amide bonds. The van der Waals surface area contributed by atoms with Crippen molar-refractivity contribution < 1.29 is 14.1 Å². The summed E-state index contributed by atoms with van der Waals surface area (Å²) < 4.78 is 11.2. The Morgan fingerprint density at radius 2 is 2.00 bits per heavy atom. The summed E-state index contributed by atoms with van der Waals surface area (Å²) in [6.45, 7) is 2.24. The molecule has 1 aromatic rings. The Labute approximate surface area is 104 Å². The normalized spacial score (nSPS) is 16.1. The molecule has 17 heavy (non-hydrogen) atoms. The number of hydrogen-bond donors (Lipinski definition) is 2. The summed E-state index contributed by atoms with van der Waals surface area (Å²) in [5.74, 6) is -0.926. The van der Waals surface area contributed by atoms with Gasteiger partial charge >= 0.3 is 5.97 Å². The van der Waals surface area contributed by atoms with E-state index in [-0.39, 0.29) is 5.25 Å². The van der Waals surface area contributed by atoms with E-state index >= 15 is 0 Å². The van der Waals surface area contributed by atoms with Crippen molar-refractivity contribution >= 4 is 16.8 Å². The van der Waals surface area contributed by atoms with E-state index in [0.29, 0.717) is 12.1 Å². The lowest BCUT2D eigenvalue weighted by atomic mass is 10.1. The summed E-state index contributed by atoms with van der Waals surface area (Å²) in [7, 11) is -0.952. The van der Waals surface area contributed by atoms with Gasteiger partial charge in [0.15, 0.2) is 0 Å². The molecule has 0 saturated heterocycles. The quantitative estimate of drug-likeness (QED) is 0.800. The second-order valence-corrected chi connectivity index (χ2v) is 5.70. The van der Waals surface area contributed by atoms with Crippen LogP contribution in [0.5, 0.6) is 0 Å². The second kappa shape index (κ2) is 6.51. The molecule has 0 spiro atoms. The standard InChI is InChI=1S/C12H17NO3S/c1-9(17(2)16)8-13-11(12(14)15)10-6-4-3-5-7-10/h3-7,9,11,13H,8H2,1-2H3,(H,14,15). The van der Waals surface area contributed by atoms with E-state index < -0.39 is 22.8 Å². The van der Waals surface area contributed by atoms with Crippen LogP contribution in [-0.2, 0) is 15.6 Å². The van der Waals surface area contributed by atoms with Gasteiger partial charge in [-0.05, 0) is 12.5 Å². The molecule has 0 saturated carbocycles. The maximum Gasteiger partial charge on any atom is 0.325 e. The molecule has 0 aliphatic heterocycles. The Kier molecular flexibility index (Phi) is 5.31. The first-order valence-electron chi connectivity index (χ1n) is 5.35. The third-order valence-corrected chi connectivity index (χ3v) is 3.86. The van der Waals surface area contributed by atoms with Gasteiger partial charge in [-0.15, -0.1) is 0 Å². The highest BCUT2D eigenvalue weighted by molar-refractivity contribution is 7.84. The zero-order chi connectivity index (χ0) is 12.8. The molecule has 0 fully saturated rings. The Morgan fingerprint density at radius 3 is 2.47 bits per heavy atom. The predicted molar refractivity (Wildman–Crippen MR) is 68.3 cm³/mol. The van der Waals surface area contributed by atoms with Crippen LogP contribution in [0.3, 0.4) is 0 Å². The molecule has 0 aliphatic rings. The Balaban J connectivity index is 2.69. The number of carboxylic acid groups (broad SMARTS) is 1. The van der Waals surface area contributed by atoms with E-state index in [9.17, 15) is 9.00 Å².